The Morgan fingerprint density at radius 3 is 2.65 bits per heavy atom. The second kappa shape index (κ2) is 6.97. The Morgan fingerprint density at radius 2 is 1.84 bits per heavy atom. The molecule has 0 aliphatic heterocycles. The predicted molar refractivity (Wildman–Crippen MR) is 117 cm³/mol. The van der Waals surface area contributed by atoms with Gasteiger partial charge in [0.2, 0.25) is 0 Å². The van der Waals surface area contributed by atoms with Crippen molar-refractivity contribution in [2.45, 2.75) is 38.6 Å². The lowest BCUT2D eigenvalue weighted by atomic mass is 9.62. The van der Waals surface area contributed by atoms with Crippen LogP contribution in [0, 0.1) is 29.4 Å². The smallest absolute Gasteiger partial charge is 0.164 e. The summed E-state index contributed by atoms with van der Waals surface area (Å²) in [6.07, 6.45) is 7.91. The van der Waals surface area contributed by atoms with E-state index >= 15 is 0 Å². The van der Waals surface area contributed by atoms with E-state index in [9.17, 15) is 8.78 Å². The molecule has 3 aliphatic carbocycles. The van der Waals surface area contributed by atoms with Gasteiger partial charge in [-0.25, -0.2) is 23.7 Å². The summed E-state index contributed by atoms with van der Waals surface area (Å²) in [4.78, 5) is 16.5. The third-order valence-electron chi connectivity index (χ3n) is 7.35. The Labute approximate surface area is 178 Å². The third-order valence-corrected chi connectivity index (χ3v) is 7.35. The fourth-order valence-electron chi connectivity index (χ4n) is 5.67. The van der Waals surface area contributed by atoms with Crippen LogP contribution in [0.15, 0.2) is 36.7 Å². The summed E-state index contributed by atoms with van der Waals surface area (Å²) in [5, 5.41) is 4.92. The van der Waals surface area contributed by atoms with Crippen LogP contribution in [0.2, 0.25) is 0 Å². The van der Waals surface area contributed by atoms with Crippen molar-refractivity contribution in [2.24, 2.45) is 17.8 Å². The molecule has 0 saturated heterocycles. The van der Waals surface area contributed by atoms with Crippen LogP contribution in [0.3, 0.4) is 0 Å². The number of H-pyrrole nitrogens is 1. The van der Waals surface area contributed by atoms with Gasteiger partial charge in [0, 0.05) is 28.6 Å². The molecular weight excluding hydrogens is 396 g/mol. The van der Waals surface area contributed by atoms with Crippen molar-refractivity contribution in [1.29, 1.82) is 0 Å². The maximum absolute atomic E-state index is 14.8. The second-order valence-electron chi connectivity index (χ2n) is 8.99. The minimum atomic E-state index is -0.439. The minimum Gasteiger partial charge on any atom is -0.366 e. The molecule has 2 atom stereocenters. The Kier molecular flexibility index (Phi) is 4.20. The molecule has 0 amide bonds. The lowest BCUT2D eigenvalue weighted by Crippen LogP contribution is -2.47. The number of anilines is 1. The third kappa shape index (κ3) is 2.98. The molecule has 2 unspecified atom stereocenters. The maximum atomic E-state index is 14.8. The quantitative estimate of drug-likeness (QED) is 0.448. The Bertz CT molecular complexity index is 1290. The number of pyridine rings is 1. The number of halogens is 2. The molecule has 7 heteroatoms. The summed E-state index contributed by atoms with van der Waals surface area (Å²) in [7, 11) is 0. The van der Waals surface area contributed by atoms with Crippen LogP contribution < -0.4 is 5.32 Å². The summed E-state index contributed by atoms with van der Waals surface area (Å²) in [6, 6.07) is 6.66. The number of benzene rings is 1. The van der Waals surface area contributed by atoms with E-state index in [1.807, 2.05) is 6.07 Å². The molecule has 31 heavy (non-hydrogen) atoms. The summed E-state index contributed by atoms with van der Waals surface area (Å²) < 4.78 is 28.6. The molecule has 2 bridgehead atoms. The minimum absolute atomic E-state index is 0.266. The molecule has 2 N–H and O–H groups in total. The highest BCUT2D eigenvalue weighted by atomic mass is 19.1. The molecule has 5 nitrogen and oxygen atoms in total. The Morgan fingerprint density at radius 1 is 1.03 bits per heavy atom. The predicted octanol–water partition coefficient (Wildman–Crippen LogP) is 5.69. The van der Waals surface area contributed by atoms with E-state index in [4.69, 9.17) is 4.98 Å². The molecule has 7 rings (SSSR count). The van der Waals surface area contributed by atoms with Crippen molar-refractivity contribution in [1.82, 2.24) is 19.9 Å². The molecule has 3 heterocycles. The number of fused-ring (bicyclic) bond motifs is 5. The lowest BCUT2D eigenvalue weighted by molar-refractivity contribution is 0.0929. The highest BCUT2D eigenvalue weighted by Gasteiger charge is 2.41. The van der Waals surface area contributed by atoms with Gasteiger partial charge in [-0.2, -0.15) is 0 Å². The van der Waals surface area contributed by atoms with Crippen molar-refractivity contribution in [2.75, 3.05) is 5.32 Å². The molecule has 3 fully saturated rings. The van der Waals surface area contributed by atoms with Crippen LogP contribution in [-0.2, 0) is 0 Å². The number of hydrogen-bond donors (Lipinski definition) is 2. The molecule has 0 radical (unpaired) electrons. The standard InChI is InChI=1S/C24H23F2N5/c1-12-13-5-7-14(8-6-13)20(12)29-23-16-3-2-4-19(26)21(16)30-24(31-23)18-11-28-22-17(18)9-15(25)10-27-22/h2-4,9-14,20H,5-8H2,1H3,(H,27,28)(H,29,30,31). The van der Waals surface area contributed by atoms with E-state index < -0.39 is 11.6 Å². The van der Waals surface area contributed by atoms with E-state index in [2.05, 4.69) is 27.2 Å². The van der Waals surface area contributed by atoms with Crippen LogP contribution >= 0.6 is 0 Å². The number of para-hydroxylation sites is 1. The van der Waals surface area contributed by atoms with Crippen molar-refractivity contribution in [3.05, 3.63) is 48.3 Å². The average Bonchev–Trinajstić information content (AvgIpc) is 3.20. The second-order valence-corrected chi connectivity index (χ2v) is 8.99. The van der Waals surface area contributed by atoms with Crippen LogP contribution in [0.4, 0.5) is 14.6 Å². The largest absolute Gasteiger partial charge is 0.366 e. The summed E-state index contributed by atoms with van der Waals surface area (Å²) in [5.74, 6) is 2.04. The van der Waals surface area contributed by atoms with Crippen LogP contribution in [0.5, 0.6) is 0 Å². The number of nitrogens with one attached hydrogen (secondary N) is 2. The van der Waals surface area contributed by atoms with E-state index in [1.54, 1.807) is 12.3 Å². The number of nitrogens with zero attached hydrogens (tertiary/aromatic N) is 3. The zero-order valence-corrected chi connectivity index (χ0v) is 17.2. The van der Waals surface area contributed by atoms with E-state index in [0.29, 0.717) is 51.5 Å². The first-order valence-corrected chi connectivity index (χ1v) is 10.9. The number of aromatic amines is 1. The summed E-state index contributed by atoms with van der Waals surface area (Å²) in [6.45, 7) is 2.31. The topological polar surface area (TPSA) is 66.5 Å². The number of aromatic nitrogens is 4. The Balaban J connectivity index is 1.51. The van der Waals surface area contributed by atoms with E-state index in [0.717, 1.165) is 12.1 Å². The molecule has 158 valence electrons. The first-order valence-electron chi connectivity index (χ1n) is 10.9. The molecule has 3 saturated carbocycles. The van der Waals surface area contributed by atoms with Crippen molar-refractivity contribution >= 4 is 27.8 Å². The molecular formula is C24H23F2N5. The summed E-state index contributed by atoms with van der Waals surface area (Å²) >= 11 is 0. The van der Waals surface area contributed by atoms with Gasteiger partial charge in [-0.3, -0.25) is 0 Å². The average molecular weight is 419 g/mol. The van der Waals surface area contributed by atoms with Gasteiger partial charge < -0.3 is 10.3 Å². The van der Waals surface area contributed by atoms with Crippen molar-refractivity contribution in [3.63, 3.8) is 0 Å². The first-order chi connectivity index (χ1) is 15.1. The van der Waals surface area contributed by atoms with Crippen molar-refractivity contribution in [3.8, 4) is 11.4 Å². The summed E-state index contributed by atoms with van der Waals surface area (Å²) in [5.41, 5.74) is 1.41. The van der Waals surface area contributed by atoms with E-state index in [-0.39, 0.29) is 5.52 Å². The molecule has 3 aromatic heterocycles. The van der Waals surface area contributed by atoms with Crippen LogP contribution in [-0.4, -0.2) is 26.0 Å². The van der Waals surface area contributed by atoms with Gasteiger partial charge in [0.15, 0.2) is 5.82 Å². The zero-order valence-electron chi connectivity index (χ0n) is 17.2. The number of hydrogen-bond acceptors (Lipinski definition) is 4. The monoisotopic (exact) mass is 419 g/mol. The fourth-order valence-corrected chi connectivity index (χ4v) is 5.67. The van der Waals surface area contributed by atoms with Gasteiger partial charge in [-0.15, -0.1) is 0 Å². The van der Waals surface area contributed by atoms with Gasteiger partial charge in [0.05, 0.1) is 6.20 Å². The Hall–Kier alpha value is -3.09. The highest BCUT2D eigenvalue weighted by Crippen LogP contribution is 2.46. The van der Waals surface area contributed by atoms with Gasteiger partial charge in [0.25, 0.3) is 0 Å². The molecule has 0 spiro atoms. The van der Waals surface area contributed by atoms with Gasteiger partial charge >= 0.3 is 0 Å². The van der Waals surface area contributed by atoms with Gasteiger partial charge in [-0.1, -0.05) is 13.0 Å². The van der Waals surface area contributed by atoms with Gasteiger partial charge in [0.1, 0.15) is 28.6 Å². The fraction of sp³-hybridized carbons (Fsp3) is 0.375. The van der Waals surface area contributed by atoms with Crippen LogP contribution in [0.1, 0.15) is 32.6 Å². The highest BCUT2D eigenvalue weighted by molar-refractivity contribution is 5.95. The lowest BCUT2D eigenvalue weighted by Gasteiger charge is -2.47. The molecule has 4 aromatic rings. The van der Waals surface area contributed by atoms with E-state index in [1.165, 1.54) is 37.8 Å². The van der Waals surface area contributed by atoms with Crippen molar-refractivity contribution < 1.29 is 8.78 Å². The normalized spacial score (nSPS) is 25.4. The molecule has 3 aliphatic rings. The van der Waals surface area contributed by atoms with Crippen LogP contribution in [0.25, 0.3) is 33.3 Å². The maximum Gasteiger partial charge on any atom is 0.164 e. The SMILES string of the molecule is CC1C2CCC(CC2)C1Nc1nc(-c2c[nH]c3ncc(F)cc23)nc2c(F)cccc12. The zero-order chi connectivity index (χ0) is 21.1. The first kappa shape index (κ1) is 18.7. The molecule has 1 aromatic carbocycles. The van der Waals surface area contributed by atoms with Gasteiger partial charge in [-0.05, 0) is 61.6 Å². The number of rotatable bonds is 3.